The average Bonchev–Trinajstić information content (AvgIpc) is 2.46. The van der Waals surface area contributed by atoms with Gasteiger partial charge in [-0.1, -0.05) is 15.9 Å². The van der Waals surface area contributed by atoms with Crippen molar-refractivity contribution in [2.75, 3.05) is 0 Å². The minimum Gasteiger partial charge on any atom is -0.295 e. The fourth-order valence-corrected chi connectivity index (χ4v) is 2.30. The van der Waals surface area contributed by atoms with Gasteiger partial charge >= 0.3 is 0 Å². The molecule has 0 amide bonds. The molecule has 0 N–H and O–H groups in total. The highest BCUT2D eigenvalue weighted by Crippen LogP contribution is 2.24. The number of fused-ring (bicyclic) bond motifs is 1. The van der Waals surface area contributed by atoms with E-state index in [-0.39, 0.29) is 0 Å². The molecular weight excluding hydrogens is 238 g/mol. The predicted octanol–water partition coefficient (Wildman–Crippen LogP) is 2.87. The minimum absolute atomic E-state index is 0.531. The van der Waals surface area contributed by atoms with Crippen LogP contribution in [0.1, 0.15) is 9.80 Å². The largest absolute Gasteiger partial charge is 0.295 e. The second kappa shape index (κ2) is 2.95. The van der Waals surface area contributed by atoms with Crippen LogP contribution in [-0.2, 0) is 0 Å². The van der Waals surface area contributed by atoms with Crippen LogP contribution >= 0.6 is 27.3 Å². The Morgan fingerprint density at radius 2 is 2.33 bits per heavy atom. The molecule has 2 aromatic rings. The Morgan fingerprint density at radius 3 is 3.08 bits per heavy atom. The van der Waals surface area contributed by atoms with Crippen molar-refractivity contribution in [2.24, 2.45) is 0 Å². The Morgan fingerprint density at radius 1 is 1.50 bits per heavy atom. The van der Waals surface area contributed by atoms with Gasteiger partial charge in [0.15, 0.2) is 11.3 Å². The number of thiazole rings is 1. The summed E-state index contributed by atoms with van der Waals surface area (Å²) in [6, 6.07) is 5.76. The molecule has 0 aliphatic rings. The zero-order valence-corrected chi connectivity index (χ0v) is 8.35. The third kappa shape index (κ3) is 1.28. The number of hydrogen-bond acceptors (Lipinski definition) is 3. The van der Waals surface area contributed by atoms with Crippen LogP contribution in [0.25, 0.3) is 10.2 Å². The minimum atomic E-state index is 0.531. The molecular formula is C8H4BrNOS. The normalized spacial score (nSPS) is 10.4. The van der Waals surface area contributed by atoms with Crippen LogP contribution in [0.5, 0.6) is 0 Å². The molecule has 2 nitrogen and oxygen atoms in total. The van der Waals surface area contributed by atoms with E-state index in [0.29, 0.717) is 5.01 Å². The highest BCUT2D eigenvalue weighted by atomic mass is 79.9. The first kappa shape index (κ1) is 7.89. The van der Waals surface area contributed by atoms with E-state index < -0.39 is 0 Å². The fraction of sp³-hybridized carbons (Fsp3) is 0. The molecule has 0 aliphatic heterocycles. The zero-order valence-electron chi connectivity index (χ0n) is 5.95. The molecule has 1 heterocycles. The summed E-state index contributed by atoms with van der Waals surface area (Å²) in [6.07, 6.45) is 0.776. The number of carbonyl (C=O) groups excluding carboxylic acids is 1. The number of halogens is 1. The first-order valence-electron chi connectivity index (χ1n) is 3.31. The number of aromatic nitrogens is 1. The maximum Gasteiger partial charge on any atom is 0.178 e. The lowest BCUT2D eigenvalue weighted by molar-refractivity contribution is 0.112. The summed E-state index contributed by atoms with van der Waals surface area (Å²) in [6.45, 7) is 0. The van der Waals surface area contributed by atoms with E-state index in [1.54, 1.807) is 0 Å². The van der Waals surface area contributed by atoms with Crippen molar-refractivity contribution in [1.29, 1.82) is 0 Å². The summed E-state index contributed by atoms with van der Waals surface area (Å²) in [4.78, 5) is 14.5. The maximum atomic E-state index is 10.4. The number of rotatable bonds is 1. The van der Waals surface area contributed by atoms with E-state index in [1.807, 2.05) is 18.2 Å². The van der Waals surface area contributed by atoms with Crippen molar-refractivity contribution < 1.29 is 4.79 Å². The van der Waals surface area contributed by atoms with E-state index in [2.05, 4.69) is 20.9 Å². The van der Waals surface area contributed by atoms with E-state index in [1.165, 1.54) is 11.3 Å². The summed E-state index contributed by atoms with van der Waals surface area (Å²) < 4.78 is 2.04. The Hall–Kier alpha value is -0.740. The van der Waals surface area contributed by atoms with E-state index in [9.17, 15) is 4.79 Å². The van der Waals surface area contributed by atoms with Crippen LogP contribution in [0.4, 0.5) is 0 Å². The van der Waals surface area contributed by atoms with Gasteiger partial charge in [0, 0.05) is 4.47 Å². The van der Waals surface area contributed by atoms with Gasteiger partial charge in [0.2, 0.25) is 0 Å². The van der Waals surface area contributed by atoms with Gasteiger partial charge in [-0.15, -0.1) is 11.3 Å². The Kier molecular flexibility index (Phi) is 1.94. The number of benzene rings is 1. The highest BCUT2D eigenvalue weighted by Gasteiger charge is 2.01. The molecule has 2 rings (SSSR count). The molecule has 0 spiro atoms. The van der Waals surface area contributed by atoms with Gasteiger partial charge in [-0.2, -0.15) is 0 Å². The van der Waals surface area contributed by atoms with Crippen molar-refractivity contribution >= 4 is 43.8 Å². The van der Waals surface area contributed by atoms with E-state index in [0.717, 1.165) is 21.0 Å². The van der Waals surface area contributed by atoms with Gasteiger partial charge < -0.3 is 0 Å². The standard InChI is InChI=1S/C8H4BrNOS/c9-5-1-2-6-7(3-5)12-8(4-11)10-6/h1-4H. The molecule has 0 unspecified atom stereocenters. The monoisotopic (exact) mass is 241 g/mol. The molecule has 0 atom stereocenters. The molecule has 0 saturated heterocycles. The van der Waals surface area contributed by atoms with Crippen LogP contribution in [0, 0.1) is 0 Å². The highest BCUT2D eigenvalue weighted by molar-refractivity contribution is 9.10. The second-order valence-corrected chi connectivity index (χ2v) is 4.26. The van der Waals surface area contributed by atoms with Crippen LogP contribution < -0.4 is 0 Å². The van der Waals surface area contributed by atoms with Crippen molar-refractivity contribution in [3.63, 3.8) is 0 Å². The number of carbonyl (C=O) groups is 1. The molecule has 60 valence electrons. The SMILES string of the molecule is O=Cc1nc2ccc(Br)cc2s1. The van der Waals surface area contributed by atoms with Gasteiger partial charge in [-0.05, 0) is 18.2 Å². The summed E-state index contributed by atoms with van der Waals surface area (Å²) in [5, 5.41) is 0.531. The average molecular weight is 242 g/mol. The van der Waals surface area contributed by atoms with Crippen LogP contribution in [0.15, 0.2) is 22.7 Å². The van der Waals surface area contributed by atoms with Crippen molar-refractivity contribution in [1.82, 2.24) is 4.98 Å². The molecule has 0 bridgehead atoms. The number of aldehydes is 1. The van der Waals surface area contributed by atoms with Crippen LogP contribution in [-0.4, -0.2) is 11.3 Å². The number of hydrogen-bond donors (Lipinski definition) is 0. The molecule has 0 fully saturated rings. The first-order chi connectivity index (χ1) is 5.79. The molecule has 0 aliphatic carbocycles. The van der Waals surface area contributed by atoms with Gasteiger partial charge in [0.05, 0.1) is 10.2 Å². The topological polar surface area (TPSA) is 30.0 Å². The fourth-order valence-electron chi connectivity index (χ4n) is 0.967. The third-order valence-electron chi connectivity index (χ3n) is 1.47. The molecule has 12 heavy (non-hydrogen) atoms. The Labute approximate surface area is 81.4 Å². The van der Waals surface area contributed by atoms with Crippen molar-refractivity contribution in [2.45, 2.75) is 0 Å². The van der Waals surface area contributed by atoms with Gasteiger partial charge in [0.25, 0.3) is 0 Å². The smallest absolute Gasteiger partial charge is 0.178 e. The van der Waals surface area contributed by atoms with Gasteiger partial charge in [0.1, 0.15) is 0 Å². The van der Waals surface area contributed by atoms with E-state index >= 15 is 0 Å². The summed E-state index contributed by atoms with van der Waals surface area (Å²) in [7, 11) is 0. The number of nitrogens with zero attached hydrogens (tertiary/aromatic N) is 1. The Bertz CT molecular complexity index is 438. The molecule has 1 aromatic heterocycles. The third-order valence-corrected chi connectivity index (χ3v) is 2.90. The van der Waals surface area contributed by atoms with Crippen LogP contribution in [0.3, 0.4) is 0 Å². The quantitative estimate of drug-likeness (QED) is 0.719. The summed E-state index contributed by atoms with van der Waals surface area (Å²) in [5.41, 5.74) is 0.880. The maximum absolute atomic E-state index is 10.4. The van der Waals surface area contributed by atoms with Crippen molar-refractivity contribution in [3.05, 3.63) is 27.7 Å². The lowest BCUT2D eigenvalue weighted by atomic mass is 10.3. The molecule has 0 radical (unpaired) electrons. The molecule has 0 saturated carbocycles. The summed E-state index contributed by atoms with van der Waals surface area (Å²) in [5.74, 6) is 0. The Balaban J connectivity index is 2.75. The first-order valence-corrected chi connectivity index (χ1v) is 4.92. The molecule has 4 heteroatoms. The van der Waals surface area contributed by atoms with E-state index in [4.69, 9.17) is 0 Å². The predicted molar refractivity (Wildman–Crippen MR) is 52.7 cm³/mol. The van der Waals surface area contributed by atoms with Crippen molar-refractivity contribution in [3.8, 4) is 0 Å². The second-order valence-electron chi connectivity index (χ2n) is 2.28. The lowest BCUT2D eigenvalue weighted by Gasteiger charge is -1.86. The lowest BCUT2D eigenvalue weighted by Crippen LogP contribution is -1.72. The van der Waals surface area contributed by atoms with Gasteiger partial charge in [-0.25, -0.2) is 4.98 Å². The van der Waals surface area contributed by atoms with Crippen LogP contribution in [0.2, 0.25) is 0 Å². The van der Waals surface area contributed by atoms with Gasteiger partial charge in [-0.3, -0.25) is 4.79 Å². The zero-order chi connectivity index (χ0) is 8.55. The molecule has 1 aromatic carbocycles. The summed E-state index contributed by atoms with van der Waals surface area (Å²) >= 11 is 4.76.